The Kier molecular flexibility index (Phi) is 12.2. The molecule has 3 fully saturated rings. The van der Waals surface area contributed by atoms with Gasteiger partial charge in [0.15, 0.2) is 14.7 Å². The Hall–Kier alpha value is -2.86. The van der Waals surface area contributed by atoms with Crippen LogP contribution in [0.3, 0.4) is 0 Å². The molecule has 3 aliphatic carbocycles. The fourth-order valence-corrected chi connectivity index (χ4v) is 11.2. The van der Waals surface area contributed by atoms with E-state index in [0.29, 0.717) is 0 Å². The Labute approximate surface area is 292 Å². The second kappa shape index (κ2) is 16.7. The Bertz CT molecular complexity index is 1600. The summed E-state index contributed by atoms with van der Waals surface area (Å²) in [6.45, 7) is 1.82. The first-order chi connectivity index (χ1) is 23.4. The molecule has 0 unspecified atom stereocenters. The van der Waals surface area contributed by atoms with E-state index in [1.54, 1.807) is 33.7 Å². The maximum absolute atomic E-state index is 10.4. The predicted molar refractivity (Wildman–Crippen MR) is 198 cm³/mol. The van der Waals surface area contributed by atoms with Crippen LogP contribution < -0.4 is 0 Å². The lowest BCUT2D eigenvalue weighted by molar-refractivity contribution is 0.420. The van der Waals surface area contributed by atoms with Crippen molar-refractivity contribution in [3.8, 4) is 0 Å². The van der Waals surface area contributed by atoms with Crippen molar-refractivity contribution in [1.29, 1.82) is 0 Å². The van der Waals surface area contributed by atoms with Crippen LogP contribution in [0, 0.1) is 6.92 Å². The van der Waals surface area contributed by atoms with E-state index in [1.807, 2.05) is 6.92 Å². The van der Waals surface area contributed by atoms with Crippen LogP contribution in [-0.4, -0.2) is 13.0 Å². The van der Waals surface area contributed by atoms with Crippen molar-refractivity contribution in [3.63, 3.8) is 0 Å². The number of benzene rings is 4. The van der Waals surface area contributed by atoms with Gasteiger partial charge in [0, 0.05) is 11.1 Å². The van der Waals surface area contributed by atoms with E-state index in [9.17, 15) is 13.0 Å². The fourth-order valence-electron chi connectivity index (χ4n) is 8.23. The molecule has 0 bridgehead atoms. The molecule has 0 spiro atoms. The van der Waals surface area contributed by atoms with E-state index in [4.69, 9.17) is 0 Å². The highest BCUT2D eigenvalue weighted by atomic mass is 32.2. The van der Waals surface area contributed by atoms with Gasteiger partial charge in [-0.25, -0.2) is 8.42 Å². The van der Waals surface area contributed by atoms with Gasteiger partial charge in [-0.15, -0.1) is 0 Å². The summed E-state index contributed by atoms with van der Waals surface area (Å²) in [6, 6.07) is 34.3. The molecule has 4 aromatic rings. The monoisotopic (exact) mass is 680 g/mol. The van der Waals surface area contributed by atoms with E-state index in [1.165, 1.54) is 118 Å². The van der Waals surface area contributed by atoms with E-state index in [0.717, 1.165) is 23.3 Å². The molecule has 4 aromatic carbocycles. The molecule has 0 aliphatic heterocycles. The maximum Gasteiger partial charge on any atom is 0.173 e. The molecular weight excluding hydrogens is 629 g/mol. The molecule has 3 aliphatic rings. The molecule has 0 aromatic heterocycles. The average molecular weight is 681 g/mol. The Morgan fingerprint density at radius 2 is 0.938 bits per heavy atom. The molecule has 0 heterocycles. The molecular formula is C43H52O3S2. The van der Waals surface area contributed by atoms with Crippen molar-refractivity contribution in [2.75, 3.05) is 0 Å². The quantitative estimate of drug-likeness (QED) is 0.144. The molecule has 0 radical (unpaired) electrons. The lowest BCUT2D eigenvalue weighted by atomic mass is 9.76. The van der Waals surface area contributed by atoms with Gasteiger partial charge in [0.2, 0.25) is 0 Å². The van der Waals surface area contributed by atoms with Crippen LogP contribution in [0.5, 0.6) is 0 Å². The normalized spacial score (nSPS) is 18.3. The van der Waals surface area contributed by atoms with Gasteiger partial charge in [0.1, 0.15) is 10.1 Å². The number of hydrogen-bond acceptors (Lipinski definition) is 3. The van der Waals surface area contributed by atoms with E-state index < -0.39 is 10.1 Å². The lowest BCUT2D eigenvalue weighted by Gasteiger charge is -2.31. The first-order valence-electron chi connectivity index (χ1n) is 18.4. The van der Waals surface area contributed by atoms with Crippen molar-refractivity contribution in [2.24, 2.45) is 0 Å². The molecule has 0 atom stereocenters. The molecule has 0 N–H and O–H groups in total. The summed E-state index contributed by atoms with van der Waals surface area (Å²) in [4.78, 5) is 4.54. The third-order valence-corrected chi connectivity index (χ3v) is 14.0. The van der Waals surface area contributed by atoms with Crippen LogP contribution in [0.15, 0.2) is 117 Å². The highest BCUT2D eigenvalue weighted by Gasteiger charge is 2.39. The summed E-state index contributed by atoms with van der Waals surface area (Å²) in [5.74, 6) is 2.25. The minimum absolute atomic E-state index is 0.0543. The van der Waals surface area contributed by atoms with Crippen molar-refractivity contribution in [2.45, 2.75) is 141 Å². The van der Waals surface area contributed by atoms with Crippen LogP contribution in [-0.2, 0) is 21.0 Å². The summed E-state index contributed by atoms with van der Waals surface area (Å²) in [7, 11) is -4.32. The summed E-state index contributed by atoms with van der Waals surface area (Å²) in [5.41, 5.74) is 6.13. The number of aryl methyl sites for hydroxylation is 1. The van der Waals surface area contributed by atoms with Gasteiger partial charge in [-0.05, 0) is 105 Å². The van der Waals surface area contributed by atoms with Crippen LogP contribution in [0.4, 0.5) is 0 Å². The van der Waals surface area contributed by atoms with Gasteiger partial charge in [0.05, 0.1) is 15.8 Å². The summed E-state index contributed by atoms with van der Waals surface area (Å²) in [6.07, 6.45) is 21.1. The van der Waals surface area contributed by atoms with Gasteiger partial charge in [-0.2, -0.15) is 0 Å². The molecule has 7 rings (SSSR count). The second-order valence-corrected chi connectivity index (χ2v) is 17.6. The molecule has 0 amide bonds. The molecule has 48 heavy (non-hydrogen) atoms. The molecule has 3 nitrogen and oxygen atoms in total. The van der Waals surface area contributed by atoms with Gasteiger partial charge < -0.3 is 4.55 Å². The van der Waals surface area contributed by atoms with Gasteiger partial charge in [0.25, 0.3) is 0 Å². The predicted octanol–water partition coefficient (Wildman–Crippen LogP) is 11.8. The zero-order valence-corrected chi connectivity index (χ0v) is 30.3. The number of rotatable bonds is 7. The van der Waals surface area contributed by atoms with E-state index in [2.05, 4.69) is 72.8 Å². The zero-order chi connectivity index (χ0) is 33.3. The van der Waals surface area contributed by atoms with Gasteiger partial charge in [-0.3, -0.25) is 0 Å². The highest BCUT2D eigenvalue weighted by molar-refractivity contribution is 7.97. The molecule has 3 saturated carbocycles. The third-order valence-electron chi connectivity index (χ3n) is 10.8. The molecule has 0 saturated heterocycles. The molecule has 254 valence electrons. The summed E-state index contributed by atoms with van der Waals surface area (Å²) >= 11 is 0. The maximum atomic E-state index is 10.4. The smallest absolute Gasteiger partial charge is 0.173 e. The summed E-state index contributed by atoms with van der Waals surface area (Å²) < 4.78 is 31.2. The Morgan fingerprint density at radius 1 is 0.542 bits per heavy atom. The van der Waals surface area contributed by atoms with Crippen LogP contribution >= 0.6 is 0 Å². The van der Waals surface area contributed by atoms with Crippen molar-refractivity contribution in [3.05, 3.63) is 119 Å². The van der Waals surface area contributed by atoms with Crippen LogP contribution in [0.2, 0.25) is 0 Å². The minimum atomic E-state index is -4.27. The highest BCUT2D eigenvalue weighted by Crippen LogP contribution is 2.48. The third kappa shape index (κ3) is 8.83. The van der Waals surface area contributed by atoms with Crippen molar-refractivity contribution >= 4 is 21.0 Å². The standard InChI is InChI=1S/C36H45S.C7H8O3S/c1-6-16-28(17-7-1)31-26-34(29-18-8-2-9-19-29)36(35(27-31)30-20-10-3-11-21-30)37(32-22-12-4-13-23-32)33-24-14-5-15-25-33;1-6-2-4-7(5-3-6)11(8,9)10/h4-5,12-15,22-30H,1-3,6-11,16-21H2;2-5H,1H3,(H,8,9,10)/q+1;/p-1. The average Bonchev–Trinajstić information content (AvgIpc) is 3.14. The van der Waals surface area contributed by atoms with Gasteiger partial charge >= 0.3 is 0 Å². The van der Waals surface area contributed by atoms with Crippen molar-refractivity contribution < 1.29 is 13.0 Å². The SMILES string of the molecule is Cc1ccc(S(=O)(=O)[O-])cc1.c1ccc([S+](c2ccccc2)c2c(C3CCCCC3)cc(C3CCCCC3)cc2C2CCCCC2)cc1. The van der Waals surface area contributed by atoms with E-state index in [-0.39, 0.29) is 15.8 Å². The minimum Gasteiger partial charge on any atom is -0.744 e. The molecule has 5 heteroatoms. The van der Waals surface area contributed by atoms with Crippen LogP contribution in [0.1, 0.15) is 136 Å². The van der Waals surface area contributed by atoms with E-state index >= 15 is 0 Å². The fraction of sp³-hybridized carbons (Fsp3) is 0.442. The van der Waals surface area contributed by atoms with Crippen LogP contribution in [0.25, 0.3) is 0 Å². The number of hydrogen-bond donors (Lipinski definition) is 0. The lowest BCUT2D eigenvalue weighted by Crippen LogP contribution is -2.19. The first kappa shape index (κ1) is 35.0. The summed E-state index contributed by atoms with van der Waals surface area (Å²) in [5, 5.41) is 0. The second-order valence-electron chi connectivity index (χ2n) is 14.2. The largest absolute Gasteiger partial charge is 0.744 e. The van der Waals surface area contributed by atoms with Crippen molar-refractivity contribution in [1.82, 2.24) is 0 Å². The Morgan fingerprint density at radius 3 is 1.33 bits per heavy atom. The van der Waals surface area contributed by atoms with Gasteiger partial charge in [-0.1, -0.05) is 124 Å². The topological polar surface area (TPSA) is 57.2 Å². The Balaban J connectivity index is 0.000000312. The first-order valence-corrected chi connectivity index (χ1v) is 21.1. The zero-order valence-electron chi connectivity index (χ0n) is 28.6.